The maximum atomic E-state index is 12.0. The minimum absolute atomic E-state index is 0.0459. The Bertz CT molecular complexity index is 317. The first-order valence-electron chi connectivity index (χ1n) is 6.73. The van der Waals surface area contributed by atoms with Crippen molar-refractivity contribution in [1.29, 1.82) is 0 Å². The molecule has 96 valence electrons. The molecular formula is C13H22N2O2. The van der Waals surface area contributed by atoms with Gasteiger partial charge >= 0.3 is 6.03 Å². The van der Waals surface area contributed by atoms with E-state index < -0.39 is 0 Å². The maximum Gasteiger partial charge on any atom is 0.320 e. The molecule has 4 heteroatoms. The van der Waals surface area contributed by atoms with Gasteiger partial charge in [-0.2, -0.15) is 0 Å². The van der Waals surface area contributed by atoms with Crippen LogP contribution >= 0.6 is 0 Å². The van der Waals surface area contributed by atoms with Crippen LogP contribution < -0.4 is 0 Å². The van der Waals surface area contributed by atoms with E-state index in [4.69, 9.17) is 0 Å². The van der Waals surface area contributed by atoms with Crippen LogP contribution in [0.15, 0.2) is 0 Å². The second-order valence-electron chi connectivity index (χ2n) is 5.16. The van der Waals surface area contributed by atoms with Gasteiger partial charge in [0.1, 0.15) is 6.04 Å². The van der Waals surface area contributed by atoms with Gasteiger partial charge < -0.3 is 9.80 Å². The van der Waals surface area contributed by atoms with Gasteiger partial charge in [0.25, 0.3) is 0 Å². The van der Waals surface area contributed by atoms with Crippen LogP contribution in [0.25, 0.3) is 0 Å². The fourth-order valence-corrected chi connectivity index (χ4v) is 3.03. The van der Waals surface area contributed by atoms with Crippen LogP contribution in [0.3, 0.4) is 0 Å². The minimum atomic E-state index is -0.155. The molecule has 0 aromatic rings. The average Bonchev–Trinajstić information content (AvgIpc) is 2.56. The maximum absolute atomic E-state index is 12.0. The number of rotatable bonds is 4. The number of amides is 2. The number of Topliss-reactive ketones (excluding diaryl/α,β-unsaturated/α-hetero) is 1. The van der Waals surface area contributed by atoms with Crippen LogP contribution in [0.5, 0.6) is 0 Å². The van der Waals surface area contributed by atoms with Gasteiger partial charge in [-0.15, -0.1) is 0 Å². The number of hydrogen-bond donors (Lipinski definition) is 0. The summed E-state index contributed by atoms with van der Waals surface area (Å²) in [5, 5.41) is 0. The van der Waals surface area contributed by atoms with E-state index >= 15 is 0 Å². The van der Waals surface area contributed by atoms with E-state index in [-0.39, 0.29) is 23.9 Å². The Hall–Kier alpha value is -1.06. The van der Waals surface area contributed by atoms with Gasteiger partial charge in [-0.3, -0.25) is 4.79 Å². The monoisotopic (exact) mass is 238 g/mol. The van der Waals surface area contributed by atoms with Crippen molar-refractivity contribution in [1.82, 2.24) is 9.80 Å². The predicted octanol–water partition coefficient (Wildman–Crippen LogP) is 2.03. The number of carbonyl (C=O) groups is 2. The Morgan fingerprint density at radius 1 is 1.29 bits per heavy atom. The summed E-state index contributed by atoms with van der Waals surface area (Å²) in [7, 11) is 1.84. The first kappa shape index (κ1) is 12.4. The summed E-state index contributed by atoms with van der Waals surface area (Å²) in [5.74, 6) is 0.260. The number of urea groups is 1. The molecule has 2 saturated heterocycles. The third-order valence-electron chi connectivity index (χ3n) is 4.00. The highest BCUT2D eigenvalue weighted by Gasteiger charge is 2.48. The number of carbonyl (C=O) groups excluding carboxylic acids is 2. The van der Waals surface area contributed by atoms with Gasteiger partial charge in [0.15, 0.2) is 5.78 Å². The second-order valence-corrected chi connectivity index (χ2v) is 5.16. The zero-order chi connectivity index (χ0) is 12.4. The van der Waals surface area contributed by atoms with Gasteiger partial charge in [-0.1, -0.05) is 26.2 Å². The van der Waals surface area contributed by atoms with Crippen molar-refractivity contribution in [3.05, 3.63) is 0 Å². The van der Waals surface area contributed by atoms with Gasteiger partial charge in [0, 0.05) is 20.0 Å². The van der Waals surface area contributed by atoms with E-state index in [1.165, 1.54) is 12.8 Å². The number of ketones is 1. The molecule has 0 aliphatic carbocycles. The lowest BCUT2D eigenvalue weighted by molar-refractivity contribution is -0.125. The van der Waals surface area contributed by atoms with Crippen molar-refractivity contribution in [3.8, 4) is 0 Å². The number of hydrogen-bond acceptors (Lipinski definition) is 2. The Morgan fingerprint density at radius 3 is 2.76 bits per heavy atom. The first-order valence-corrected chi connectivity index (χ1v) is 6.73. The molecule has 2 fully saturated rings. The number of fused-ring (bicyclic) bond motifs is 1. The number of unbranched alkanes of at least 4 members (excludes halogenated alkanes) is 2. The lowest BCUT2D eigenvalue weighted by atomic mass is 9.93. The Balaban J connectivity index is 2.07. The summed E-state index contributed by atoms with van der Waals surface area (Å²) in [4.78, 5) is 27.6. The highest BCUT2D eigenvalue weighted by Crippen LogP contribution is 2.30. The SMILES string of the molecule is CCCCCC1C2C(=O)CCCN2C(=O)N1C. The normalized spacial score (nSPS) is 28.8. The third kappa shape index (κ3) is 2.17. The molecule has 0 radical (unpaired) electrons. The Labute approximate surface area is 103 Å². The third-order valence-corrected chi connectivity index (χ3v) is 4.00. The zero-order valence-corrected chi connectivity index (χ0v) is 10.8. The van der Waals surface area contributed by atoms with Crippen molar-refractivity contribution in [3.63, 3.8) is 0 Å². The van der Waals surface area contributed by atoms with Crippen molar-refractivity contribution >= 4 is 11.8 Å². The van der Waals surface area contributed by atoms with Gasteiger partial charge in [-0.05, 0) is 12.8 Å². The number of likely N-dealkylation sites (N-methyl/N-ethyl adjacent to an activating group) is 1. The van der Waals surface area contributed by atoms with E-state index in [1.807, 2.05) is 7.05 Å². The molecule has 0 saturated carbocycles. The van der Waals surface area contributed by atoms with Crippen LogP contribution in [0.4, 0.5) is 4.79 Å². The molecular weight excluding hydrogens is 216 g/mol. The van der Waals surface area contributed by atoms with Crippen LogP contribution in [-0.2, 0) is 4.79 Å². The largest absolute Gasteiger partial charge is 0.322 e. The molecule has 2 aliphatic heterocycles. The lowest BCUT2D eigenvalue weighted by Crippen LogP contribution is -2.47. The van der Waals surface area contributed by atoms with Gasteiger partial charge in [0.2, 0.25) is 0 Å². The summed E-state index contributed by atoms with van der Waals surface area (Å²) in [6, 6.07) is 0.00417. The van der Waals surface area contributed by atoms with E-state index in [0.717, 1.165) is 25.8 Å². The van der Waals surface area contributed by atoms with Crippen LogP contribution in [0, 0.1) is 0 Å². The molecule has 0 aromatic carbocycles. The van der Waals surface area contributed by atoms with E-state index in [2.05, 4.69) is 6.92 Å². The lowest BCUT2D eigenvalue weighted by Gasteiger charge is -2.29. The van der Waals surface area contributed by atoms with Crippen molar-refractivity contribution in [2.75, 3.05) is 13.6 Å². The summed E-state index contributed by atoms with van der Waals surface area (Å²) in [5.41, 5.74) is 0. The molecule has 2 amide bonds. The highest BCUT2D eigenvalue weighted by molar-refractivity contribution is 5.93. The van der Waals surface area contributed by atoms with Crippen molar-refractivity contribution in [2.45, 2.75) is 57.5 Å². The van der Waals surface area contributed by atoms with Crippen LogP contribution in [0.2, 0.25) is 0 Å². The minimum Gasteiger partial charge on any atom is -0.322 e. The molecule has 2 heterocycles. The average molecular weight is 238 g/mol. The number of piperidine rings is 1. The number of nitrogens with zero attached hydrogens (tertiary/aromatic N) is 2. The molecule has 0 aromatic heterocycles. The zero-order valence-electron chi connectivity index (χ0n) is 10.8. The van der Waals surface area contributed by atoms with E-state index in [9.17, 15) is 9.59 Å². The molecule has 2 aliphatic rings. The van der Waals surface area contributed by atoms with Crippen molar-refractivity contribution in [2.24, 2.45) is 0 Å². The summed E-state index contributed by atoms with van der Waals surface area (Å²) in [6.45, 7) is 2.92. The quantitative estimate of drug-likeness (QED) is 0.703. The first-order chi connectivity index (χ1) is 8.16. The topological polar surface area (TPSA) is 40.6 Å². The smallest absolute Gasteiger partial charge is 0.320 e. The molecule has 17 heavy (non-hydrogen) atoms. The molecule has 0 bridgehead atoms. The highest BCUT2D eigenvalue weighted by atomic mass is 16.2. The molecule has 2 unspecified atom stereocenters. The van der Waals surface area contributed by atoms with Crippen LogP contribution in [0.1, 0.15) is 45.4 Å². The Morgan fingerprint density at radius 2 is 2.06 bits per heavy atom. The van der Waals surface area contributed by atoms with Gasteiger partial charge in [0.05, 0.1) is 6.04 Å². The Kier molecular flexibility index (Phi) is 3.69. The van der Waals surface area contributed by atoms with E-state index in [1.54, 1.807) is 9.80 Å². The summed E-state index contributed by atoms with van der Waals surface area (Å²) < 4.78 is 0. The fraction of sp³-hybridized carbons (Fsp3) is 0.846. The fourth-order valence-electron chi connectivity index (χ4n) is 3.03. The summed E-state index contributed by atoms with van der Waals surface area (Å²) >= 11 is 0. The van der Waals surface area contributed by atoms with Gasteiger partial charge in [-0.25, -0.2) is 4.79 Å². The molecule has 2 atom stereocenters. The second kappa shape index (κ2) is 5.07. The molecule has 0 spiro atoms. The molecule has 2 rings (SSSR count). The standard InChI is InChI=1S/C13H22N2O2/c1-3-4-5-7-10-12-11(16)8-6-9-15(12)13(17)14(10)2/h10,12H,3-9H2,1-2H3. The summed E-state index contributed by atoms with van der Waals surface area (Å²) in [6.07, 6.45) is 5.90. The predicted molar refractivity (Wildman–Crippen MR) is 65.8 cm³/mol. The van der Waals surface area contributed by atoms with Crippen molar-refractivity contribution < 1.29 is 9.59 Å². The van der Waals surface area contributed by atoms with E-state index in [0.29, 0.717) is 6.42 Å². The molecule has 4 nitrogen and oxygen atoms in total. The van der Waals surface area contributed by atoms with Crippen LogP contribution in [-0.4, -0.2) is 47.3 Å². The molecule has 0 N–H and O–H groups in total.